The van der Waals surface area contributed by atoms with E-state index in [1.165, 1.54) is 6.07 Å². The molecule has 2 rings (SSSR count). The van der Waals surface area contributed by atoms with Gasteiger partial charge in [-0.1, -0.05) is 23.2 Å². The summed E-state index contributed by atoms with van der Waals surface area (Å²) in [5, 5.41) is 3.35. The lowest BCUT2D eigenvalue weighted by atomic mass is 10.2. The SMILES string of the molecule is CN(C)c1ccc(NC(=O)c2cc(Cl)c(Cl)[nH]2)cc1. The Labute approximate surface area is 121 Å². The molecular formula is C13H13Cl2N3O. The van der Waals surface area contributed by atoms with Gasteiger partial charge >= 0.3 is 0 Å². The van der Waals surface area contributed by atoms with Crippen LogP contribution in [0, 0.1) is 0 Å². The molecule has 0 fully saturated rings. The van der Waals surface area contributed by atoms with Crippen molar-refractivity contribution in [1.29, 1.82) is 0 Å². The van der Waals surface area contributed by atoms with Crippen molar-refractivity contribution in [3.8, 4) is 0 Å². The number of anilines is 2. The number of aromatic amines is 1. The minimum absolute atomic E-state index is 0.259. The lowest BCUT2D eigenvalue weighted by Crippen LogP contribution is -2.13. The number of aromatic nitrogens is 1. The predicted molar refractivity (Wildman–Crippen MR) is 79.5 cm³/mol. The zero-order chi connectivity index (χ0) is 14.0. The summed E-state index contributed by atoms with van der Waals surface area (Å²) in [6.45, 7) is 0. The molecule has 1 aromatic heterocycles. The van der Waals surface area contributed by atoms with Gasteiger partial charge in [0.2, 0.25) is 0 Å². The first-order valence-corrected chi connectivity index (χ1v) is 6.35. The average Bonchev–Trinajstić information content (AvgIpc) is 2.70. The number of benzene rings is 1. The highest BCUT2D eigenvalue weighted by atomic mass is 35.5. The third kappa shape index (κ3) is 3.22. The van der Waals surface area contributed by atoms with Crippen LogP contribution < -0.4 is 10.2 Å². The van der Waals surface area contributed by atoms with Crippen molar-refractivity contribution >= 4 is 40.5 Å². The third-order valence-corrected chi connectivity index (χ3v) is 3.30. The Balaban J connectivity index is 2.10. The van der Waals surface area contributed by atoms with E-state index in [4.69, 9.17) is 23.2 Å². The van der Waals surface area contributed by atoms with Crippen LogP contribution >= 0.6 is 23.2 Å². The van der Waals surface area contributed by atoms with Gasteiger partial charge in [-0.05, 0) is 30.3 Å². The molecule has 0 spiro atoms. The van der Waals surface area contributed by atoms with Crippen LogP contribution in [0.4, 0.5) is 11.4 Å². The molecule has 0 bridgehead atoms. The highest BCUT2D eigenvalue weighted by molar-refractivity contribution is 6.41. The maximum atomic E-state index is 11.9. The van der Waals surface area contributed by atoms with Gasteiger partial charge in [-0.3, -0.25) is 4.79 Å². The molecule has 2 N–H and O–H groups in total. The Morgan fingerprint density at radius 3 is 2.32 bits per heavy atom. The van der Waals surface area contributed by atoms with Crippen LogP contribution in [-0.2, 0) is 0 Å². The number of carbonyl (C=O) groups is 1. The monoisotopic (exact) mass is 297 g/mol. The van der Waals surface area contributed by atoms with Gasteiger partial charge in [0.25, 0.3) is 5.91 Å². The Bertz CT molecular complexity index is 571. The molecule has 2 aromatic rings. The first-order chi connectivity index (χ1) is 8.97. The molecule has 4 nitrogen and oxygen atoms in total. The van der Waals surface area contributed by atoms with E-state index in [-0.39, 0.29) is 11.1 Å². The summed E-state index contributed by atoms with van der Waals surface area (Å²) in [4.78, 5) is 16.6. The van der Waals surface area contributed by atoms with E-state index < -0.39 is 0 Å². The van der Waals surface area contributed by atoms with Crippen LogP contribution in [-0.4, -0.2) is 25.0 Å². The number of halogens is 2. The van der Waals surface area contributed by atoms with Gasteiger partial charge in [-0.15, -0.1) is 0 Å². The summed E-state index contributed by atoms with van der Waals surface area (Å²) in [6, 6.07) is 9.00. The first kappa shape index (κ1) is 13.8. The van der Waals surface area contributed by atoms with E-state index in [9.17, 15) is 4.79 Å². The molecule has 100 valence electrons. The summed E-state index contributed by atoms with van der Waals surface area (Å²) < 4.78 is 0. The molecular weight excluding hydrogens is 285 g/mol. The minimum atomic E-state index is -0.286. The van der Waals surface area contributed by atoms with Crippen LogP contribution in [0.25, 0.3) is 0 Å². The van der Waals surface area contributed by atoms with Crippen molar-refractivity contribution in [2.24, 2.45) is 0 Å². The minimum Gasteiger partial charge on any atom is -0.378 e. The van der Waals surface area contributed by atoms with Gasteiger partial charge in [0.05, 0.1) is 5.02 Å². The van der Waals surface area contributed by atoms with Crippen LogP contribution in [0.1, 0.15) is 10.5 Å². The fourth-order valence-electron chi connectivity index (χ4n) is 1.57. The third-order valence-electron chi connectivity index (χ3n) is 2.61. The van der Waals surface area contributed by atoms with E-state index in [0.29, 0.717) is 16.4 Å². The normalized spacial score (nSPS) is 10.3. The summed E-state index contributed by atoms with van der Waals surface area (Å²) in [5.74, 6) is -0.286. The number of hydrogen-bond donors (Lipinski definition) is 2. The van der Waals surface area contributed by atoms with E-state index in [1.54, 1.807) is 0 Å². The van der Waals surface area contributed by atoms with Crippen molar-refractivity contribution in [1.82, 2.24) is 4.98 Å². The van der Waals surface area contributed by atoms with Crippen molar-refractivity contribution in [2.75, 3.05) is 24.3 Å². The van der Waals surface area contributed by atoms with Crippen molar-refractivity contribution in [3.63, 3.8) is 0 Å². The summed E-state index contributed by atoms with van der Waals surface area (Å²) >= 11 is 11.5. The van der Waals surface area contributed by atoms with Crippen LogP contribution in [0.5, 0.6) is 0 Å². The van der Waals surface area contributed by atoms with Gasteiger partial charge < -0.3 is 15.2 Å². The predicted octanol–water partition coefficient (Wildman–Crippen LogP) is 3.64. The molecule has 0 aliphatic carbocycles. The molecule has 1 aromatic carbocycles. The van der Waals surface area contributed by atoms with Crippen LogP contribution in [0.15, 0.2) is 30.3 Å². The Hall–Kier alpha value is -1.65. The highest BCUT2D eigenvalue weighted by Gasteiger charge is 2.11. The topological polar surface area (TPSA) is 48.1 Å². The largest absolute Gasteiger partial charge is 0.378 e. The number of nitrogens with zero attached hydrogens (tertiary/aromatic N) is 1. The molecule has 6 heteroatoms. The number of amides is 1. The number of H-pyrrole nitrogens is 1. The smallest absolute Gasteiger partial charge is 0.272 e. The zero-order valence-corrected chi connectivity index (χ0v) is 12.0. The summed E-state index contributed by atoms with van der Waals surface area (Å²) in [5.41, 5.74) is 2.09. The second-order valence-corrected chi connectivity index (χ2v) is 5.03. The van der Waals surface area contributed by atoms with Crippen molar-refractivity contribution < 1.29 is 4.79 Å². The Morgan fingerprint density at radius 1 is 1.21 bits per heavy atom. The van der Waals surface area contributed by atoms with Crippen LogP contribution in [0.2, 0.25) is 10.2 Å². The fraction of sp³-hybridized carbons (Fsp3) is 0.154. The van der Waals surface area contributed by atoms with E-state index in [2.05, 4.69) is 10.3 Å². The highest BCUT2D eigenvalue weighted by Crippen LogP contribution is 2.22. The van der Waals surface area contributed by atoms with Gasteiger partial charge in [-0.2, -0.15) is 0 Å². The maximum absolute atomic E-state index is 11.9. The van der Waals surface area contributed by atoms with E-state index in [1.807, 2.05) is 43.3 Å². The van der Waals surface area contributed by atoms with Gasteiger partial charge in [0, 0.05) is 25.5 Å². The molecule has 1 heterocycles. The maximum Gasteiger partial charge on any atom is 0.272 e. The van der Waals surface area contributed by atoms with Gasteiger partial charge in [0.15, 0.2) is 0 Å². The molecule has 0 radical (unpaired) electrons. The molecule has 0 saturated carbocycles. The van der Waals surface area contributed by atoms with E-state index >= 15 is 0 Å². The zero-order valence-electron chi connectivity index (χ0n) is 10.5. The number of nitrogens with one attached hydrogen (secondary N) is 2. The second-order valence-electron chi connectivity index (χ2n) is 4.24. The summed E-state index contributed by atoms with van der Waals surface area (Å²) in [7, 11) is 3.91. The number of rotatable bonds is 3. The van der Waals surface area contributed by atoms with Crippen molar-refractivity contribution in [3.05, 3.63) is 46.2 Å². The lowest BCUT2D eigenvalue weighted by molar-refractivity contribution is 0.102. The quantitative estimate of drug-likeness (QED) is 0.909. The standard InChI is InChI=1S/C13H13Cl2N3O/c1-18(2)9-5-3-8(4-6-9)16-13(19)11-7-10(14)12(15)17-11/h3-7,17H,1-2H3,(H,16,19). The molecule has 0 aliphatic rings. The second kappa shape index (κ2) is 5.55. The van der Waals surface area contributed by atoms with Crippen LogP contribution in [0.3, 0.4) is 0 Å². The lowest BCUT2D eigenvalue weighted by Gasteiger charge is -2.12. The van der Waals surface area contributed by atoms with E-state index in [0.717, 1.165) is 5.69 Å². The number of hydrogen-bond acceptors (Lipinski definition) is 2. The molecule has 1 amide bonds. The Morgan fingerprint density at radius 2 is 1.84 bits per heavy atom. The first-order valence-electron chi connectivity index (χ1n) is 5.60. The number of carbonyl (C=O) groups excluding carboxylic acids is 1. The Kier molecular flexibility index (Phi) is 4.02. The molecule has 19 heavy (non-hydrogen) atoms. The summed E-state index contributed by atoms with van der Waals surface area (Å²) in [6.07, 6.45) is 0. The molecule has 0 atom stereocenters. The molecule has 0 saturated heterocycles. The van der Waals surface area contributed by atoms with Crippen molar-refractivity contribution in [2.45, 2.75) is 0 Å². The fourth-order valence-corrected chi connectivity index (χ4v) is 1.88. The average molecular weight is 298 g/mol. The molecule has 0 unspecified atom stereocenters. The van der Waals surface area contributed by atoms with Gasteiger partial charge in [0.1, 0.15) is 10.8 Å². The molecule has 0 aliphatic heterocycles. The van der Waals surface area contributed by atoms with Gasteiger partial charge in [-0.25, -0.2) is 0 Å².